The van der Waals surface area contributed by atoms with Crippen LogP contribution in [0.25, 0.3) is 0 Å². The number of hydrazone groups is 1. The third-order valence-electron chi connectivity index (χ3n) is 4.80. The van der Waals surface area contributed by atoms with Crippen molar-refractivity contribution in [1.29, 1.82) is 0 Å². The minimum atomic E-state index is 0.288. The molecule has 0 saturated heterocycles. The summed E-state index contributed by atoms with van der Waals surface area (Å²) in [6.45, 7) is 3.95. The van der Waals surface area contributed by atoms with Gasteiger partial charge in [0.1, 0.15) is 0 Å². The topological polar surface area (TPSA) is 36.4 Å². The highest BCUT2D eigenvalue weighted by Crippen LogP contribution is 2.55. The highest BCUT2D eigenvalue weighted by atomic mass is 32.1. The lowest BCUT2D eigenvalue weighted by atomic mass is 9.53. The Labute approximate surface area is 115 Å². The van der Waals surface area contributed by atoms with Crippen LogP contribution in [0.2, 0.25) is 0 Å². The molecular formula is C14H23N3S. The standard InChI is InChI=1S/C14H23N3S/c1-9(2)16-17-13(18)15-14-6-10-3-11(7-14)5-12(4-10)8-14/h10-12H,3-8H2,1-2H3,(H2,15,17,18). The molecule has 0 amide bonds. The molecule has 0 aromatic carbocycles. The van der Waals surface area contributed by atoms with Gasteiger partial charge in [0.25, 0.3) is 0 Å². The molecule has 4 aliphatic rings. The van der Waals surface area contributed by atoms with Gasteiger partial charge in [0.2, 0.25) is 0 Å². The number of hydrogen-bond acceptors (Lipinski definition) is 2. The summed E-state index contributed by atoms with van der Waals surface area (Å²) >= 11 is 5.38. The first-order valence-electron chi connectivity index (χ1n) is 7.14. The van der Waals surface area contributed by atoms with Gasteiger partial charge >= 0.3 is 0 Å². The van der Waals surface area contributed by atoms with E-state index in [-0.39, 0.29) is 5.54 Å². The van der Waals surface area contributed by atoms with Gasteiger partial charge in [0, 0.05) is 11.3 Å². The molecule has 0 radical (unpaired) electrons. The Balaban J connectivity index is 1.65. The summed E-state index contributed by atoms with van der Waals surface area (Å²) in [5, 5.41) is 8.49. The molecule has 0 aromatic heterocycles. The van der Waals surface area contributed by atoms with E-state index in [1.54, 1.807) is 0 Å². The van der Waals surface area contributed by atoms with Crippen LogP contribution in [0.3, 0.4) is 0 Å². The Morgan fingerprint density at radius 2 is 1.56 bits per heavy atom. The lowest BCUT2D eigenvalue weighted by Crippen LogP contribution is -2.61. The highest BCUT2D eigenvalue weighted by molar-refractivity contribution is 7.80. The van der Waals surface area contributed by atoms with Gasteiger partial charge < -0.3 is 5.32 Å². The second-order valence-corrected chi connectivity index (χ2v) is 7.23. The monoisotopic (exact) mass is 265 g/mol. The van der Waals surface area contributed by atoms with Crippen molar-refractivity contribution in [1.82, 2.24) is 10.7 Å². The van der Waals surface area contributed by atoms with E-state index in [2.05, 4.69) is 15.8 Å². The van der Waals surface area contributed by atoms with Gasteiger partial charge in [-0.2, -0.15) is 5.10 Å². The van der Waals surface area contributed by atoms with Crippen LogP contribution in [0, 0.1) is 17.8 Å². The largest absolute Gasteiger partial charge is 0.356 e. The summed E-state index contributed by atoms with van der Waals surface area (Å²) in [4.78, 5) is 0. The first kappa shape index (κ1) is 12.4. The van der Waals surface area contributed by atoms with Crippen molar-refractivity contribution in [3.63, 3.8) is 0 Å². The van der Waals surface area contributed by atoms with Gasteiger partial charge in [-0.05, 0) is 82.3 Å². The fourth-order valence-corrected chi connectivity index (χ4v) is 4.96. The van der Waals surface area contributed by atoms with E-state index < -0.39 is 0 Å². The van der Waals surface area contributed by atoms with Gasteiger partial charge in [0.15, 0.2) is 5.11 Å². The first-order valence-corrected chi connectivity index (χ1v) is 7.54. The van der Waals surface area contributed by atoms with E-state index >= 15 is 0 Å². The average Bonchev–Trinajstić information content (AvgIpc) is 2.23. The van der Waals surface area contributed by atoms with Crippen molar-refractivity contribution < 1.29 is 0 Å². The third-order valence-corrected chi connectivity index (χ3v) is 4.99. The van der Waals surface area contributed by atoms with E-state index in [4.69, 9.17) is 12.2 Å². The molecule has 0 atom stereocenters. The molecule has 100 valence electrons. The Hall–Kier alpha value is -0.640. The average molecular weight is 265 g/mol. The van der Waals surface area contributed by atoms with Crippen molar-refractivity contribution in [2.24, 2.45) is 22.9 Å². The van der Waals surface area contributed by atoms with E-state index in [0.29, 0.717) is 5.11 Å². The summed E-state index contributed by atoms with van der Waals surface area (Å²) in [6.07, 6.45) is 8.34. The third kappa shape index (κ3) is 2.40. The molecule has 0 spiro atoms. The number of rotatable bonds is 2. The Morgan fingerprint density at radius 3 is 2.00 bits per heavy atom. The zero-order valence-corrected chi connectivity index (χ0v) is 12.1. The van der Waals surface area contributed by atoms with Crippen LogP contribution in [0.5, 0.6) is 0 Å². The fraction of sp³-hybridized carbons (Fsp3) is 0.857. The molecular weight excluding hydrogens is 242 g/mol. The summed E-state index contributed by atoms with van der Waals surface area (Å²) in [5.74, 6) is 2.84. The molecule has 0 heterocycles. The number of hydrogen-bond donors (Lipinski definition) is 2. The second kappa shape index (κ2) is 4.48. The summed E-state index contributed by atoms with van der Waals surface area (Å²) in [7, 11) is 0. The van der Waals surface area contributed by atoms with E-state index in [1.165, 1.54) is 38.5 Å². The normalized spacial score (nSPS) is 40.4. The van der Waals surface area contributed by atoms with Crippen LogP contribution < -0.4 is 10.7 Å². The SMILES string of the molecule is CC(C)=NNC(=S)NC12CC3CC(CC(C3)C1)C2. The molecule has 4 heteroatoms. The maximum Gasteiger partial charge on any atom is 0.187 e. The summed E-state index contributed by atoms with van der Waals surface area (Å²) in [5.41, 5.74) is 4.26. The Morgan fingerprint density at radius 1 is 1.06 bits per heavy atom. The number of nitrogens with one attached hydrogen (secondary N) is 2. The second-order valence-electron chi connectivity index (χ2n) is 6.82. The molecule has 4 bridgehead atoms. The summed E-state index contributed by atoms with van der Waals surface area (Å²) in [6, 6.07) is 0. The Kier molecular flexibility index (Phi) is 3.08. The van der Waals surface area contributed by atoms with Crippen LogP contribution >= 0.6 is 12.2 Å². The van der Waals surface area contributed by atoms with Crippen molar-refractivity contribution >= 4 is 23.0 Å². The van der Waals surface area contributed by atoms with E-state index in [0.717, 1.165) is 23.5 Å². The predicted octanol–water partition coefficient (Wildman–Crippen LogP) is 2.82. The molecule has 4 aliphatic carbocycles. The zero-order chi connectivity index (χ0) is 12.8. The lowest BCUT2D eigenvalue weighted by Gasteiger charge is -2.57. The van der Waals surface area contributed by atoms with Crippen LogP contribution in [-0.4, -0.2) is 16.4 Å². The fourth-order valence-electron chi connectivity index (χ4n) is 4.70. The smallest absolute Gasteiger partial charge is 0.187 e. The highest BCUT2D eigenvalue weighted by Gasteiger charge is 2.51. The van der Waals surface area contributed by atoms with Gasteiger partial charge in [-0.1, -0.05) is 0 Å². The molecule has 0 aliphatic heterocycles. The van der Waals surface area contributed by atoms with Crippen molar-refractivity contribution in [3.8, 4) is 0 Å². The molecule has 0 unspecified atom stereocenters. The van der Waals surface area contributed by atoms with Gasteiger partial charge in [0.05, 0.1) is 0 Å². The van der Waals surface area contributed by atoms with Gasteiger partial charge in [-0.25, -0.2) is 0 Å². The van der Waals surface area contributed by atoms with Crippen LogP contribution in [-0.2, 0) is 0 Å². The Bertz CT molecular complexity index is 349. The molecule has 18 heavy (non-hydrogen) atoms. The molecule has 4 rings (SSSR count). The van der Waals surface area contributed by atoms with Crippen molar-refractivity contribution in [3.05, 3.63) is 0 Å². The van der Waals surface area contributed by atoms with Crippen LogP contribution in [0.1, 0.15) is 52.4 Å². The van der Waals surface area contributed by atoms with Gasteiger partial charge in [-0.3, -0.25) is 5.43 Å². The lowest BCUT2D eigenvalue weighted by molar-refractivity contribution is -0.0101. The maximum atomic E-state index is 5.38. The maximum absolute atomic E-state index is 5.38. The van der Waals surface area contributed by atoms with Gasteiger partial charge in [-0.15, -0.1) is 0 Å². The van der Waals surface area contributed by atoms with Crippen molar-refractivity contribution in [2.45, 2.75) is 57.9 Å². The minimum Gasteiger partial charge on any atom is -0.356 e. The predicted molar refractivity (Wildman–Crippen MR) is 78.6 cm³/mol. The summed E-state index contributed by atoms with van der Waals surface area (Å²) < 4.78 is 0. The molecule has 0 aromatic rings. The molecule has 3 nitrogen and oxygen atoms in total. The zero-order valence-electron chi connectivity index (χ0n) is 11.3. The number of thiocarbonyl (C=S) groups is 1. The van der Waals surface area contributed by atoms with Crippen molar-refractivity contribution in [2.75, 3.05) is 0 Å². The minimum absolute atomic E-state index is 0.288. The molecule has 4 saturated carbocycles. The number of nitrogens with zero attached hydrogens (tertiary/aromatic N) is 1. The van der Waals surface area contributed by atoms with E-state index in [1.807, 2.05) is 13.8 Å². The van der Waals surface area contributed by atoms with Crippen LogP contribution in [0.15, 0.2) is 5.10 Å². The molecule has 2 N–H and O–H groups in total. The van der Waals surface area contributed by atoms with E-state index in [9.17, 15) is 0 Å². The van der Waals surface area contributed by atoms with Crippen LogP contribution in [0.4, 0.5) is 0 Å². The molecule has 4 fully saturated rings. The quantitative estimate of drug-likeness (QED) is 0.458. The first-order chi connectivity index (χ1) is 8.55.